The quantitative estimate of drug-likeness (QED) is 0.533. The topological polar surface area (TPSA) is 78.5 Å². The maximum absolute atomic E-state index is 12.0. The first kappa shape index (κ1) is 18.7. The SMILES string of the molecule is CC(C)N1CC(C(=O)NCCNC(=O)C(C)(C)CCl)CC1=O. The summed E-state index contributed by atoms with van der Waals surface area (Å²) in [6, 6.07) is 0.113. The second-order valence-corrected chi connectivity index (χ2v) is 6.87. The summed E-state index contributed by atoms with van der Waals surface area (Å²) >= 11 is 5.72. The summed E-state index contributed by atoms with van der Waals surface area (Å²) < 4.78 is 0. The lowest BCUT2D eigenvalue weighted by Gasteiger charge is -2.21. The number of rotatable bonds is 7. The summed E-state index contributed by atoms with van der Waals surface area (Å²) in [7, 11) is 0. The van der Waals surface area contributed by atoms with E-state index in [2.05, 4.69) is 10.6 Å². The molecule has 0 radical (unpaired) electrons. The van der Waals surface area contributed by atoms with Crippen LogP contribution < -0.4 is 10.6 Å². The van der Waals surface area contributed by atoms with Crippen LogP contribution in [0.5, 0.6) is 0 Å². The lowest BCUT2D eigenvalue weighted by atomic mass is 9.95. The molecule has 0 aromatic heterocycles. The van der Waals surface area contributed by atoms with Crippen LogP contribution in [0.2, 0.25) is 0 Å². The van der Waals surface area contributed by atoms with Crippen molar-refractivity contribution in [2.75, 3.05) is 25.5 Å². The molecule has 0 aromatic carbocycles. The summed E-state index contributed by atoms with van der Waals surface area (Å²) in [6.45, 7) is 8.55. The number of nitrogens with zero attached hydrogens (tertiary/aromatic N) is 1. The molecule has 0 bridgehead atoms. The van der Waals surface area contributed by atoms with Crippen molar-refractivity contribution < 1.29 is 14.4 Å². The maximum Gasteiger partial charge on any atom is 0.226 e. The molecule has 1 unspecified atom stereocenters. The predicted octanol–water partition coefficient (Wildman–Crippen LogP) is 0.741. The molecule has 0 spiro atoms. The number of carbonyl (C=O) groups excluding carboxylic acids is 3. The molecule has 6 nitrogen and oxygen atoms in total. The van der Waals surface area contributed by atoms with Crippen LogP contribution in [0.4, 0.5) is 0 Å². The van der Waals surface area contributed by atoms with E-state index in [1.807, 2.05) is 13.8 Å². The molecule has 1 aliphatic rings. The highest BCUT2D eigenvalue weighted by Gasteiger charge is 2.35. The van der Waals surface area contributed by atoms with Crippen LogP contribution in [0.1, 0.15) is 34.1 Å². The second kappa shape index (κ2) is 7.81. The number of amides is 3. The van der Waals surface area contributed by atoms with E-state index in [9.17, 15) is 14.4 Å². The van der Waals surface area contributed by atoms with E-state index in [0.717, 1.165) is 0 Å². The second-order valence-electron chi connectivity index (χ2n) is 6.61. The van der Waals surface area contributed by atoms with Crippen LogP contribution in [0, 0.1) is 11.3 Å². The van der Waals surface area contributed by atoms with Gasteiger partial charge in [0.1, 0.15) is 0 Å². The summed E-state index contributed by atoms with van der Waals surface area (Å²) in [6.07, 6.45) is 0.260. The number of hydrogen-bond acceptors (Lipinski definition) is 3. The van der Waals surface area contributed by atoms with E-state index in [1.165, 1.54) is 0 Å². The van der Waals surface area contributed by atoms with Gasteiger partial charge in [-0.25, -0.2) is 0 Å². The number of alkyl halides is 1. The Morgan fingerprint density at radius 1 is 1.32 bits per heavy atom. The first-order valence-corrected chi connectivity index (χ1v) is 8.14. The molecule has 1 atom stereocenters. The van der Waals surface area contributed by atoms with Gasteiger partial charge in [0, 0.05) is 38.0 Å². The van der Waals surface area contributed by atoms with Gasteiger partial charge in [-0.05, 0) is 27.7 Å². The van der Waals surface area contributed by atoms with Gasteiger partial charge in [-0.3, -0.25) is 14.4 Å². The van der Waals surface area contributed by atoms with Crippen molar-refractivity contribution in [3.63, 3.8) is 0 Å². The minimum absolute atomic E-state index is 0.0207. The van der Waals surface area contributed by atoms with Gasteiger partial charge in [0.2, 0.25) is 17.7 Å². The average molecular weight is 332 g/mol. The van der Waals surface area contributed by atoms with E-state index in [1.54, 1.807) is 18.7 Å². The average Bonchev–Trinajstić information content (AvgIpc) is 2.85. The summed E-state index contributed by atoms with van der Waals surface area (Å²) in [5, 5.41) is 5.50. The number of carbonyl (C=O) groups is 3. The zero-order valence-electron chi connectivity index (χ0n) is 13.7. The van der Waals surface area contributed by atoms with E-state index < -0.39 is 5.41 Å². The Bertz CT molecular complexity index is 438. The number of nitrogens with one attached hydrogen (secondary N) is 2. The smallest absolute Gasteiger partial charge is 0.226 e. The molecule has 1 rings (SSSR count). The van der Waals surface area contributed by atoms with Crippen molar-refractivity contribution in [1.82, 2.24) is 15.5 Å². The lowest BCUT2D eigenvalue weighted by Crippen LogP contribution is -2.43. The molecule has 1 saturated heterocycles. The van der Waals surface area contributed by atoms with Crippen molar-refractivity contribution in [2.45, 2.75) is 40.2 Å². The third-order valence-electron chi connectivity index (χ3n) is 3.81. The Balaban J connectivity index is 2.30. The van der Waals surface area contributed by atoms with Crippen molar-refractivity contribution >= 4 is 29.3 Å². The Kier molecular flexibility index (Phi) is 6.66. The van der Waals surface area contributed by atoms with Crippen LogP contribution in [-0.2, 0) is 14.4 Å². The number of halogens is 1. The summed E-state index contributed by atoms with van der Waals surface area (Å²) in [4.78, 5) is 37.3. The van der Waals surface area contributed by atoms with E-state index in [4.69, 9.17) is 11.6 Å². The predicted molar refractivity (Wildman–Crippen MR) is 85.5 cm³/mol. The fourth-order valence-corrected chi connectivity index (χ4v) is 2.33. The molecule has 7 heteroatoms. The first-order chi connectivity index (χ1) is 10.2. The molecule has 3 amide bonds. The number of hydrogen-bond donors (Lipinski definition) is 2. The van der Waals surface area contributed by atoms with Crippen LogP contribution in [0.3, 0.4) is 0 Å². The summed E-state index contributed by atoms with van der Waals surface area (Å²) in [5.74, 6) is -0.321. The van der Waals surface area contributed by atoms with Gasteiger partial charge < -0.3 is 15.5 Å². The Labute approximate surface area is 136 Å². The molecule has 0 saturated carbocycles. The third-order valence-corrected chi connectivity index (χ3v) is 4.48. The van der Waals surface area contributed by atoms with Crippen molar-refractivity contribution in [3.05, 3.63) is 0 Å². The van der Waals surface area contributed by atoms with Gasteiger partial charge in [0.05, 0.1) is 11.3 Å². The maximum atomic E-state index is 12.0. The Hall–Kier alpha value is -1.30. The number of likely N-dealkylation sites (tertiary alicyclic amines) is 1. The highest BCUT2D eigenvalue weighted by atomic mass is 35.5. The van der Waals surface area contributed by atoms with Gasteiger partial charge in [0.15, 0.2) is 0 Å². The normalized spacial score (nSPS) is 18.7. The first-order valence-electron chi connectivity index (χ1n) is 7.60. The third kappa shape index (κ3) is 4.87. The molecular formula is C15H26ClN3O3. The molecule has 126 valence electrons. The molecule has 0 aromatic rings. The van der Waals surface area contributed by atoms with Gasteiger partial charge in [0.25, 0.3) is 0 Å². The van der Waals surface area contributed by atoms with Crippen LogP contribution >= 0.6 is 11.6 Å². The molecule has 2 N–H and O–H groups in total. The monoisotopic (exact) mass is 331 g/mol. The minimum atomic E-state index is -0.624. The lowest BCUT2D eigenvalue weighted by molar-refractivity contribution is -0.129. The molecule has 1 fully saturated rings. The van der Waals surface area contributed by atoms with E-state index >= 15 is 0 Å². The van der Waals surface area contributed by atoms with Crippen molar-refractivity contribution in [3.8, 4) is 0 Å². The molecule has 1 aliphatic heterocycles. The highest BCUT2D eigenvalue weighted by Crippen LogP contribution is 2.20. The van der Waals surface area contributed by atoms with Gasteiger partial charge >= 0.3 is 0 Å². The molecular weight excluding hydrogens is 306 g/mol. The largest absolute Gasteiger partial charge is 0.354 e. The zero-order valence-corrected chi connectivity index (χ0v) is 14.5. The van der Waals surface area contributed by atoms with Crippen molar-refractivity contribution in [1.29, 1.82) is 0 Å². The zero-order chi connectivity index (χ0) is 16.9. The standard InChI is InChI=1S/C15H26ClN3O3/c1-10(2)19-8-11(7-12(19)20)13(21)17-5-6-18-14(22)15(3,4)9-16/h10-11H,5-9H2,1-4H3,(H,17,21)(H,18,22). The van der Waals surface area contributed by atoms with Crippen LogP contribution in [0.25, 0.3) is 0 Å². The highest BCUT2D eigenvalue weighted by molar-refractivity contribution is 6.19. The molecule has 22 heavy (non-hydrogen) atoms. The fraction of sp³-hybridized carbons (Fsp3) is 0.800. The Morgan fingerprint density at radius 3 is 2.41 bits per heavy atom. The minimum Gasteiger partial charge on any atom is -0.354 e. The van der Waals surface area contributed by atoms with Gasteiger partial charge in [-0.1, -0.05) is 0 Å². The van der Waals surface area contributed by atoms with Gasteiger partial charge in [-0.15, -0.1) is 11.6 Å². The van der Waals surface area contributed by atoms with E-state index in [0.29, 0.717) is 19.6 Å². The molecule has 1 heterocycles. The van der Waals surface area contributed by atoms with Crippen LogP contribution in [-0.4, -0.2) is 54.2 Å². The Morgan fingerprint density at radius 2 is 1.91 bits per heavy atom. The van der Waals surface area contributed by atoms with Crippen LogP contribution in [0.15, 0.2) is 0 Å². The van der Waals surface area contributed by atoms with Gasteiger partial charge in [-0.2, -0.15) is 0 Å². The summed E-state index contributed by atoms with van der Waals surface area (Å²) in [5.41, 5.74) is -0.624. The van der Waals surface area contributed by atoms with E-state index in [-0.39, 0.29) is 42.0 Å². The van der Waals surface area contributed by atoms with Crippen molar-refractivity contribution in [2.24, 2.45) is 11.3 Å². The molecule has 0 aliphatic carbocycles. The fourth-order valence-electron chi connectivity index (χ4n) is 2.21.